The molecule has 1 saturated carbocycles. The van der Waals surface area contributed by atoms with E-state index in [1.807, 2.05) is 11.8 Å². The van der Waals surface area contributed by atoms with Crippen molar-refractivity contribution in [3.63, 3.8) is 0 Å². The van der Waals surface area contributed by atoms with Crippen molar-refractivity contribution in [2.45, 2.75) is 43.9 Å². The number of ether oxygens (including phenoxy) is 1. The first-order valence-electron chi connectivity index (χ1n) is 6.04. The van der Waals surface area contributed by atoms with Gasteiger partial charge in [-0.25, -0.2) is 0 Å². The van der Waals surface area contributed by atoms with E-state index in [9.17, 15) is 0 Å². The van der Waals surface area contributed by atoms with Gasteiger partial charge in [-0.3, -0.25) is 4.90 Å². The third-order valence-electron chi connectivity index (χ3n) is 4.08. The van der Waals surface area contributed by atoms with Crippen LogP contribution < -0.4 is 5.73 Å². The fraction of sp³-hybridized carbons (Fsp3) is 1.00. The van der Waals surface area contributed by atoms with Crippen LogP contribution in [0.25, 0.3) is 0 Å². The summed E-state index contributed by atoms with van der Waals surface area (Å²) in [5.41, 5.74) is 6.14. The van der Waals surface area contributed by atoms with E-state index in [0.29, 0.717) is 12.1 Å². The molecule has 1 fully saturated rings. The maximum atomic E-state index is 5.95. The molecular weight excluding hydrogens is 220 g/mol. The van der Waals surface area contributed by atoms with Crippen LogP contribution in [0.2, 0.25) is 0 Å². The van der Waals surface area contributed by atoms with Crippen LogP contribution >= 0.6 is 11.8 Å². The molecule has 0 saturated heterocycles. The van der Waals surface area contributed by atoms with E-state index in [4.69, 9.17) is 10.5 Å². The number of likely N-dealkylation sites (N-methyl/N-ethyl adjacent to an activating group) is 1. The van der Waals surface area contributed by atoms with Crippen LogP contribution in [0.5, 0.6) is 0 Å². The van der Waals surface area contributed by atoms with Crippen LogP contribution in [-0.4, -0.2) is 55.3 Å². The Labute approximate surface area is 104 Å². The predicted octanol–water partition coefficient (Wildman–Crippen LogP) is 1.57. The van der Waals surface area contributed by atoms with Gasteiger partial charge in [0.2, 0.25) is 0 Å². The van der Waals surface area contributed by atoms with E-state index < -0.39 is 0 Å². The molecule has 0 aliphatic heterocycles. The quantitative estimate of drug-likeness (QED) is 0.740. The standard InChI is InChI=1S/C12H26N2OS/c1-10(5-6-16-4)14(2)12(9-13)7-11(8-12)15-3/h10-11H,5-9,13H2,1-4H3. The van der Waals surface area contributed by atoms with Crippen LogP contribution in [0.15, 0.2) is 0 Å². The molecule has 0 radical (unpaired) electrons. The number of hydrogen-bond acceptors (Lipinski definition) is 4. The van der Waals surface area contributed by atoms with E-state index >= 15 is 0 Å². The van der Waals surface area contributed by atoms with Gasteiger partial charge in [0.05, 0.1) is 6.10 Å². The summed E-state index contributed by atoms with van der Waals surface area (Å²) in [6.45, 7) is 3.04. The molecule has 0 amide bonds. The summed E-state index contributed by atoms with van der Waals surface area (Å²) in [4.78, 5) is 2.47. The molecule has 0 aromatic rings. The molecule has 3 nitrogen and oxygen atoms in total. The fourth-order valence-corrected chi connectivity index (χ4v) is 3.08. The minimum absolute atomic E-state index is 0.193. The summed E-state index contributed by atoms with van der Waals surface area (Å²) in [7, 11) is 4.01. The lowest BCUT2D eigenvalue weighted by atomic mass is 9.72. The lowest BCUT2D eigenvalue weighted by Crippen LogP contribution is -2.64. The van der Waals surface area contributed by atoms with Gasteiger partial charge in [-0.15, -0.1) is 0 Å². The molecular formula is C12H26N2OS. The maximum absolute atomic E-state index is 5.95. The topological polar surface area (TPSA) is 38.5 Å². The van der Waals surface area contributed by atoms with Crippen LogP contribution in [0.4, 0.5) is 0 Å². The Morgan fingerprint density at radius 2 is 2.19 bits per heavy atom. The minimum Gasteiger partial charge on any atom is -0.381 e. The zero-order chi connectivity index (χ0) is 12.2. The Morgan fingerprint density at radius 3 is 2.62 bits per heavy atom. The minimum atomic E-state index is 0.193. The molecule has 1 rings (SSSR count). The molecule has 4 heteroatoms. The van der Waals surface area contributed by atoms with E-state index in [1.165, 1.54) is 12.2 Å². The summed E-state index contributed by atoms with van der Waals surface area (Å²) in [6, 6.07) is 0.605. The van der Waals surface area contributed by atoms with Crippen molar-refractivity contribution in [3.8, 4) is 0 Å². The highest BCUT2D eigenvalue weighted by Gasteiger charge is 2.47. The van der Waals surface area contributed by atoms with Crippen molar-refractivity contribution in [1.29, 1.82) is 0 Å². The zero-order valence-corrected chi connectivity index (χ0v) is 11.8. The summed E-state index contributed by atoms with van der Waals surface area (Å²) in [5, 5.41) is 0. The molecule has 0 heterocycles. The van der Waals surface area contributed by atoms with Gasteiger partial charge in [-0.05, 0) is 45.2 Å². The number of nitrogens with zero attached hydrogens (tertiary/aromatic N) is 1. The third kappa shape index (κ3) is 2.92. The van der Waals surface area contributed by atoms with Crippen molar-refractivity contribution >= 4 is 11.8 Å². The van der Waals surface area contributed by atoms with E-state index in [0.717, 1.165) is 19.4 Å². The normalized spacial score (nSPS) is 31.5. The smallest absolute Gasteiger partial charge is 0.0607 e. The number of methoxy groups -OCH3 is 1. The van der Waals surface area contributed by atoms with Gasteiger partial charge in [-0.1, -0.05) is 0 Å². The van der Waals surface area contributed by atoms with Gasteiger partial charge >= 0.3 is 0 Å². The lowest BCUT2D eigenvalue weighted by Gasteiger charge is -2.54. The molecule has 0 aromatic heterocycles. The monoisotopic (exact) mass is 246 g/mol. The van der Waals surface area contributed by atoms with Crippen molar-refractivity contribution in [3.05, 3.63) is 0 Å². The molecule has 0 aromatic carbocycles. The highest BCUT2D eigenvalue weighted by molar-refractivity contribution is 7.98. The van der Waals surface area contributed by atoms with Crippen LogP contribution in [-0.2, 0) is 4.74 Å². The van der Waals surface area contributed by atoms with Gasteiger partial charge in [0.1, 0.15) is 0 Å². The first-order valence-corrected chi connectivity index (χ1v) is 7.43. The van der Waals surface area contributed by atoms with Crippen molar-refractivity contribution in [1.82, 2.24) is 4.90 Å². The summed E-state index contributed by atoms with van der Waals surface area (Å²) < 4.78 is 5.37. The molecule has 16 heavy (non-hydrogen) atoms. The van der Waals surface area contributed by atoms with Crippen molar-refractivity contribution in [2.24, 2.45) is 5.73 Å². The maximum Gasteiger partial charge on any atom is 0.0607 e. The second-order valence-electron chi connectivity index (χ2n) is 4.94. The number of thioether (sulfide) groups is 1. The fourth-order valence-electron chi connectivity index (χ4n) is 2.50. The average Bonchev–Trinajstić information content (AvgIpc) is 2.25. The second kappa shape index (κ2) is 6.24. The van der Waals surface area contributed by atoms with Gasteiger partial charge in [-0.2, -0.15) is 11.8 Å². The summed E-state index contributed by atoms with van der Waals surface area (Å²) in [6.07, 6.45) is 5.98. The second-order valence-corrected chi connectivity index (χ2v) is 5.92. The first-order chi connectivity index (χ1) is 7.59. The Balaban J connectivity index is 2.47. The largest absolute Gasteiger partial charge is 0.381 e. The zero-order valence-electron chi connectivity index (χ0n) is 11.0. The molecule has 0 spiro atoms. The van der Waals surface area contributed by atoms with E-state index in [-0.39, 0.29) is 5.54 Å². The number of nitrogens with two attached hydrogens (primary N) is 1. The SMILES string of the molecule is COC1CC(CN)(N(C)C(C)CCSC)C1. The third-order valence-corrected chi connectivity index (χ3v) is 4.72. The van der Waals surface area contributed by atoms with Gasteiger partial charge in [0.15, 0.2) is 0 Å². The number of hydrogen-bond donors (Lipinski definition) is 1. The molecule has 1 unspecified atom stereocenters. The first kappa shape index (κ1) is 14.3. The predicted molar refractivity (Wildman–Crippen MR) is 72.0 cm³/mol. The van der Waals surface area contributed by atoms with Crippen LogP contribution in [0, 0.1) is 0 Å². The Hall–Kier alpha value is 0.230. The highest BCUT2D eigenvalue weighted by Crippen LogP contribution is 2.39. The molecule has 1 aliphatic carbocycles. The Kier molecular flexibility index (Phi) is 5.57. The molecule has 1 atom stereocenters. The summed E-state index contributed by atoms with van der Waals surface area (Å²) >= 11 is 1.91. The molecule has 0 bridgehead atoms. The number of rotatable bonds is 7. The highest BCUT2D eigenvalue weighted by atomic mass is 32.2. The van der Waals surface area contributed by atoms with Crippen molar-refractivity contribution < 1.29 is 4.74 Å². The van der Waals surface area contributed by atoms with Gasteiger partial charge in [0.25, 0.3) is 0 Å². The van der Waals surface area contributed by atoms with Crippen LogP contribution in [0.1, 0.15) is 26.2 Å². The van der Waals surface area contributed by atoms with Crippen molar-refractivity contribution in [2.75, 3.05) is 32.7 Å². The lowest BCUT2D eigenvalue weighted by molar-refractivity contribution is -0.0899. The molecule has 1 aliphatic rings. The summed E-state index contributed by atoms with van der Waals surface area (Å²) in [5.74, 6) is 1.22. The average molecular weight is 246 g/mol. The Bertz CT molecular complexity index is 207. The van der Waals surface area contributed by atoms with E-state index in [2.05, 4.69) is 25.1 Å². The molecule has 96 valence electrons. The Morgan fingerprint density at radius 1 is 1.56 bits per heavy atom. The van der Waals surface area contributed by atoms with Gasteiger partial charge < -0.3 is 10.5 Å². The molecule has 2 N–H and O–H groups in total. The van der Waals surface area contributed by atoms with Gasteiger partial charge in [0, 0.05) is 25.2 Å². The van der Waals surface area contributed by atoms with Crippen LogP contribution in [0.3, 0.4) is 0 Å². The van der Waals surface area contributed by atoms with E-state index in [1.54, 1.807) is 7.11 Å².